The van der Waals surface area contributed by atoms with Gasteiger partial charge in [-0.3, -0.25) is 4.79 Å². The predicted molar refractivity (Wildman–Crippen MR) is 71.5 cm³/mol. The number of hydrogen-bond donors (Lipinski definition) is 1. The van der Waals surface area contributed by atoms with Crippen molar-refractivity contribution in [3.63, 3.8) is 0 Å². The molecule has 2 aromatic rings. The highest BCUT2D eigenvalue weighted by atomic mass is 16.5. The van der Waals surface area contributed by atoms with Gasteiger partial charge in [0.2, 0.25) is 0 Å². The number of phenolic OH excluding ortho intramolecular Hbond substituents is 1. The summed E-state index contributed by atoms with van der Waals surface area (Å²) in [7, 11) is 0. The summed E-state index contributed by atoms with van der Waals surface area (Å²) < 4.78 is 5.56. The van der Waals surface area contributed by atoms with E-state index < -0.39 is 0 Å². The van der Waals surface area contributed by atoms with Crippen molar-refractivity contribution in [2.24, 2.45) is 0 Å². The number of nitrogens with zero attached hydrogens (tertiary/aromatic N) is 1. The maximum absolute atomic E-state index is 11.1. The van der Waals surface area contributed by atoms with Crippen LogP contribution in [0.5, 0.6) is 11.5 Å². The third-order valence-electron chi connectivity index (χ3n) is 2.74. The van der Waals surface area contributed by atoms with E-state index in [1.54, 1.807) is 18.2 Å². The molecule has 0 aliphatic carbocycles. The smallest absolute Gasteiger partial charge is 0.154 e. The Labute approximate surface area is 110 Å². The zero-order chi connectivity index (χ0) is 14.0. The van der Waals surface area contributed by atoms with Crippen LogP contribution in [0.3, 0.4) is 0 Å². The van der Waals surface area contributed by atoms with Crippen LogP contribution in [0.2, 0.25) is 0 Å². The molecule has 0 fully saturated rings. The molecular weight excluding hydrogens is 242 g/mol. The summed E-state index contributed by atoms with van der Waals surface area (Å²) in [6.45, 7) is 3.71. The number of ether oxygens (including phenoxy) is 1. The van der Waals surface area contributed by atoms with Crippen molar-refractivity contribution in [3.8, 4) is 17.6 Å². The van der Waals surface area contributed by atoms with E-state index >= 15 is 0 Å². The summed E-state index contributed by atoms with van der Waals surface area (Å²) >= 11 is 0. The van der Waals surface area contributed by atoms with E-state index in [1.807, 2.05) is 13.8 Å². The molecule has 0 aliphatic rings. The quantitative estimate of drug-likeness (QED) is 0.856. The Kier molecular flexibility index (Phi) is 3.39. The Bertz CT molecular complexity index is 684. The third kappa shape index (κ3) is 2.36. The largest absolute Gasteiger partial charge is 0.507 e. The molecule has 0 heterocycles. The van der Waals surface area contributed by atoms with Crippen molar-refractivity contribution in [2.75, 3.05) is 0 Å². The van der Waals surface area contributed by atoms with Gasteiger partial charge < -0.3 is 9.84 Å². The number of carbonyl (C=O) groups is 1. The van der Waals surface area contributed by atoms with Crippen LogP contribution in [0.1, 0.15) is 29.8 Å². The summed E-state index contributed by atoms with van der Waals surface area (Å²) in [4.78, 5) is 11.1. The van der Waals surface area contributed by atoms with Gasteiger partial charge in [-0.2, -0.15) is 5.26 Å². The number of nitriles is 1. The number of fused-ring (bicyclic) bond motifs is 1. The van der Waals surface area contributed by atoms with E-state index in [0.717, 1.165) is 0 Å². The topological polar surface area (TPSA) is 70.3 Å². The average Bonchev–Trinajstić information content (AvgIpc) is 2.37. The second-order valence-electron chi connectivity index (χ2n) is 4.46. The molecule has 0 aliphatic heterocycles. The van der Waals surface area contributed by atoms with Crippen molar-refractivity contribution in [2.45, 2.75) is 20.0 Å². The Hall–Kier alpha value is -2.54. The van der Waals surface area contributed by atoms with Gasteiger partial charge in [0, 0.05) is 0 Å². The van der Waals surface area contributed by atoms with Gasteiger partial charge in [0.25, 0.3) is 0 Å². The molecule has 0 saturated heterocycles. The molecule has 19 heavy (non-hydrogen) atoms. The SMILES string of the molecule is CC(C)Oc1cc2c(C=O)c(O)ccc2cc1C#N. The Morgan fingerprint density at radius 3 is 2.68 bits per heavy atom. The van der Waals surface area contributed by atoms with Gasteiger partial charge in [0.15, 0.2) is 6.29 Å². The Morgan fingerprint density at radius 1 is 1.37 bits per heavy atom. The zero-order valence-electron chi connectivity index (χ0n) is 10.7. The lowest BCUT2D eigenvalue weighted by Gasteiger charge is -2.13. The summed E-state index contributed by atoms with van der Waals surface area (Å²) in [5, 5.41) is 20.1. The standard InChI is InChI=1S/C15H13NO3/c1-9(2)19-15-6-12-10(5-11(15)7-16)3-4-14(18)13(12)8-17/h3-6,8-9,18H,1-2H3. The molecule has 0 unspecified atom stereocenters. The lowest BCUT2D eigenvalue weighted by molar-refractivity contribution is 0.112. The van der Waals surface area contributed by atoms with Crippen molar-refractivity contribution in [3.05, 3.63) is 35.4 Å². The number of aldehydes is 1. The number of carbonyl (C=O) groups excluding carboxylic acids is 1. The summed E-state index contributed by atoms with van der Waals surface area (Å²) in [5.74, 6) is 0.335. The molecule has 0 radical (unpaired) electrons. The van der Waals surface area contributed by atoms with Gasteiger partial charge in [-0.1, -0.05) is 6.07 Å². The fraction of sp³-hybridized carbons (Fsp3) is 0.200. The highest BCUT2D eigenvalue weighted by molar-refractivity contribution is 6.01. The normalized spacial score (nSPS) is 10.4. The minimum Gasteiger partial charge on any atom is -0.507 e. The number of hydrogen-bond acceptors (Lipinski definition) is 4. The summed E-state index contributed by atoms with van der Waals surface area (Å²) in [5.41, 5.74) is 0.610. The van der Waals surface area contributed by atoms with Crippen molar-refractivity contribution in [1.29, 1.82) is 5.26 Å². The molecule has 0 amide bonds. The van der Waals surface area contributed by atoms with Gasteiger partial charge in [0.1, 0.15) is 17.6 Å². The van der Waals surface area contributed by atoms with E-state index in [-0.39, 0.29) is 17.4 Å². The Morgan fingerprint density at radius 2 is 2.11 bits per heavy atom. The molecule has 0 spiro atoms. The maximum atomic E-state index is 11.1. The van der Waals surface area contributed by atoms with E-state index in [0.29, 0.717) is 28.4 Å². The van der Waals surface area contributed by atoms with Gasteiger partial charge in [-0.15, -0.1) is 0 Å². The highest BCUT2D eigenvalue weighted by Crippen LogP contribution is 2.31. The molecular formula is C15H13NO3. The monoisotopic (exact) mass is 255 g/mol. The fourth-order valence-electron chi connectivity index (χ4n) is 1.93. The summed E-state index contributed by atoms with van der Waals surface area (Å²) in [6.07, 6.45) is 0.518. The molecule has 2 rings (SSSR count). The van der Waals surface area contributed by atoms with Gasteiger partial charge >= 0.3 is 0 Å². The van der Waals surface area contributed by atoms with Crippen LogP contribution in [0.15, 0.2) is 24.3 Å². The molecule has 0 atom stereocenters. The first-order valence-corrected chi connectivity index (χ1v) is 5.88. The van der Waals surface area contributed by atoms with Gasteiger partial charge in [-0.25, -0.2) is 0 Å². The minimum atomic E-state index is -0.0819. The second-order valence-corrected chi connectivity index (χ2v) is 4.46. The number of rotatable bonds is 3. The van der Waals surface area contributed by atoms with Crippen LogP contribution in [-0.2, 0) is 0 Å². The minimum absolute atomic E-state index is 0.0808. The van der Waals surface area contributed by atoms with E-state index in [9.17, 15) is 9.90 Å². The molecule has 4 nitrogen and oxygen atoms in total. The van der Waals surface area contributed by atoms with Crippen molar-refractivity contribution >= 4 is 17.1 Å². The number of phenols is 1. The number of aromatic hydroxyl groups is 1. The molecule has 96 valence electrons. The van der Waals surface area contributed by atoms with Crippen LogP contribution < -0.4 is 4.74 Å². The fourth-order valence-corrected chi connectivity index (χ4v) is 1.93. The molecule has 1 N–H and O–H groups in total. The third-order valence-corrected chi connectivity index (χ3v) is 2.74. The van der Waals surface area contributed by atoms with Crippen LogP contribution in [0.4, 0.5) is 0 Å². The van der Waals surface area contributed by atoms with Crippen molar-refractivity contribution in [1.82, 2.24) is 0 Å². The lowest BCUT2D eigenvalue weighted by Crippen LogP contribution is -2.07. The lowest BCUT2D eigenvalue weighted by atomic mass is 10.0. The van der Waals surface area contributed by atoms with Crippen LogP contribution in [0, 0.1) is 11.3 Å². The van der Waals surface area contributed by atoms with Crippen LogP contribution in [0.25, 0.3) is 10.8 Å². The highest BCUT2D eigenvalue weighted by Gasteiger charge is 2.12. The molecule has 4 heteroatoms. The number of benzene rings is 2. The van der Waals surface area contributed by atoms with Crippen LogP contribution in [-0.4, -0.2) is 17.5 Å². The summed E-state index contributed by atoms with van der Waals surface area (Å²) in [6, 6.07) is 8.45. The Balaban J connectivity index is 2.76. The first kappa shape index (κ1) is 12.9. The molecule has 0 bridgehead atoms. The van der Waals surface area contributed by atoms with Gasteiger partial charge in [-0.05, 0) is 42.8 Å². The maximum Gasteiger partial charge on any atom is 0.154 e. The van der Waals surface area contributed by atoms with Crippen LogP contribution >= 0.6 is 0 Å². The second kappa shape index (κ2) is 4.99. The molecule has 2 aromatic carbocycles. The first-order valence-electron chi connectivity index (χ1n) is 5.88. The molecule has 0 saturated carbocycles. The molecule has 0 aromatic heterocycles. The van der Waals surface area contributed by atoms with Gasteiger partial charge in [0.05, 0.1) is 17.2 Å². The first-order chi connectivity index (χ1) is 9.06. The van der Waals surface area contributed by atoms with Crippen molar-refractivity contribution < 1.29 is 14.6 Å². The average molecular weight is 255 g/mol. The zero-order valence-corrected chi connectivity index (χ0v) is 10.7. The predicted octanol–water partition coefficient (Wildman–Crippen LogP) is 3.02. The van der Waals surface area contributed by atoms with E-state index in [4.69, 9.17) is 10.00 Å². The van der Waals surface area contributed by atoms with E-state index in [1.165, 1.54) is 6.07 Å². The van der Waals surface area contributed by atoms with E-state index in [2.05, 4.69) is 6.07 Å².